The lowest BCUT2D eigenvalue weighted by Crippen LogP contribution is -2.19. The van der Waals surface area contributed by atoms with Crippen LogP contribution in [0.4, 0.5) is 5.82 Å². The molecule has 0 aliphatic rings. The van der Waals surface area contributed by atoms with Gasteiger partial charge >= 0.3 is 0 Å². The molecule has 0 bridgehead atoms. The van der Waals surface area contributed by atoms with Gasteiger partial charge in [-0.15, -0.1) is 0 Å². The molecule has 0 spiro atoms. The molecule has 0 aliphatic heterocycles. The van der Waals surface area contributed by atoms with Gasteiger partial charge in [0.15, 0.2) is 10.4 Å². The normalized spacial score (nSPS) is 11.8. The minimum Gasteiger partial charge on any atom is -0.265 e. The van der Waals surface area contributed by atoms with Crippen molar-refractivity contribution in [3.63, 3.8) is 0 Å². The van der Waals surface area contributed by atoms with Crippen molar-refractivity contribution in [1.29, 1.82) is 0 Å². The largest absolute Gasteiger partial charge is 0.265 e. The highest BCUT2D eigenvalue weighted by Gasteiger charge is 2.14. The number of anilines is 1. The van der Waals surface area contributed by atoms with Crippen LogP contribution in [-0.2, 0) is 10.0 Å². The van der Waals surface area contributed by atoms with E-state index in [1.54, 1.807) is 0 Å². The number of nitrogens with zero attached hydrogens (tertiary/aromatic N) is 2. The summed E-state index contributed by atoms with van der Waals surface area (Å²) in [5, 5.41) is 0. The van der Waals surface area contributed by atoms with Crippen LogP contribution < -0.4 is 4.72 Å². The Morgan fingerprint density at radius 2 is 2.06 bits per heavy atom. The molecule has 0 radical (unpaired) electrons. The third-order valence-corrected chi connectivity index (χ3v) is 4.13. The van der Waals surface area contributed by atoms with E-state index in [-0.39, 0.29) is 11.6 Å². The lowest BCUT2D eigenvalue weighted by Gasteiger charge is -2.09. The van der Waals surface area contributed by atoms with Crippen LogP contribution in [0.5, 0.6) is 0 Å². The fraction of sp³-hybridized carbons (Fsp3) is 0.556. The second-order valence-corrected chi connectivity index (χ2v) is 7.34. The van der Waals surface area contributed by atoms with Gasteiger partial charge in [-0.05, 0) is 44.2 Å². The van der Waals surface area contributed by atoms with Crippen molar-refractivity contribution in [1.82, 2.24) is 9.97 Å². The number of hydrogen-bond acceptors (Lipinski definition) is 4. The second kappa shape index (κ2) is 6.10. The molecule has 0 fully saturated rings. The SMILES string of the molecule is CC(C)CCS(=O)(=O)Nc1ncc(Br)nc1Br. The maximum atomic E-state index is 11.7. The first-order valence-corrected chi connectivity index (χ1v) is 8.22. The Balaban J connectivity index is 2.76. The third kappa shape index (κ3) is 5.31. The molecule has 0 unspecified atom stereocenters. The van der Waals surface area contributed by atoms with Crippen LogP contribution in [0.15, 0.2) is 15.4 Å². The summed E-state index contributed by atoms with van der Waals surface area (Å²) >= 11 is 6.29. The van der Waals surface area contributed by atoms with Gasteiger partial charge in [-0.3, -0.25) is 4.72 Å². The minimum absolute atomic E-state index is 0.0782. The van der Waals surface area contributed by atoms with Gasteiger partial charge in [0.2, 0.25) is 10.0 Å². The summed E-state index contributed by atoms with van der Waals surface area (Å²) in [5.74, 6) is 0.623. The molecular formula is C9H13Br2N3O2S. The fourth-order valence-corrected chi connectivity index (χ4v) is 3.37. The van der Waals surface area contributed by atoms with Crippen LogP contribution in [0.3, 0.4) is 0 Å². The number of hydrogen-bond donors (Lipinski definition) is 1. The van der Waals surface area contributed by atoms with Crippen molar-refractivity contribution < 1.29 is 8.42 Å². The summed E-state index contributed by atoms with van der Waals surface area (Å²) in [6, 6.07) is 0. The average molecular weight is 387 g/mol. The van der Waals surface area contributed by atoms with E-state index in [2.05, 4.69) is 46.5 Å². The number of nitrogens with one attached hydrogen (secondary N) is 1. The van der Waals surface area contributed by atoms with Crippen molar-refractivity contribution >= 4 is 47.7 Å². The highest BCUT2D eigenvalue weighted by atomic mass is 79.9. The zero-order valence-electron chi connectivity index (χ0n) is 9.44. The van der Waals surface area contributed by atoms with Gasteiger partial charge in [0.25, 0.3) is 0 Å². The molecular weight excluding hydrogens is 374 g/mol. The lowest BCUT2D eigenvalue weighted by molar-refractivity contribution is 0.577. The third-order valence-electron chi connectivity index (χ3n) is 1.92. The van der Waals surface area contributed by atoms with E-state index in [4.69, 9.17) is 0 Å². The van der Waals surface area contributed by atoms with Crippen LogP contribution in [0.1, 0.15) is 20.3 Å². The lowest BCUT2D eigenvalue weighted by atomic mass is 10.2. The molecule has 0 saturated carbocycles. The molecule has 0 aromatic carbocycles. The van der Waals surface area contributed by atoms with E-state index < -0.39 is 10.0 Å². The summed E-state index contributed by atoms with van der Waals surface area (Å²) in [7, 11) is -3.36. The Labute approximate surface area is 118 Å². The zero-order chi connectivity index (χ0) is 13.1. The van der Waals surface area contributed by atoms with E-state index >= 15 is 0 Å². The molecule has 0 aliphatic carbocycles. The summed E-state index contributed by atoms with van der Waals surface area (Å²) < 4.78 is 26.8. The highest BCUT2D eigenvalue weighted by Crippen LogP contribution is 2.20. The first-order valence-electron chi connectivity index (χ1n) is 4.98. The van der Waals surface area contributed by atoms with E-state index in [9.17, 15) is 8.42 Å². The smallest absolute Gasteiger partial charge is 0.233 e. The Hall–Kier alpha value is -0.210. The molecule has 1 heterocycles. The predicted octanol–water partition coefficient (Wildman–Crippen LogP) is 2.79. The molecule has 8 heteroatoms. The van der Waals surface area contributed by atoms with Gasteiger partial charge in [-0.2, -0.15) is 0 Å². The second-order valence-electron chi connectivity index (χ2n) is 3.94. The Kier molecular flexibility index (Phi) is 5.33. The van der Waals surface area contributed by atoms with Crippen LogP contribution in [-0.4, -0.2) is 24.1 Å². The molecule has 0 amide bonds. The number of aromatic nitrogens is 2. The molecule has 0 saturated heterocycles. The van der Waals surface area contributed by atoms with Gasteiger partial charge in [-0.25, -0.2) is 18.4 Å². The Morgan fingerprint density at radius 1 is 1.41 bits per heavy atom. The molecule has 1 aromatic rings. The van der Waals surface area contributed by atoms with Crippen LogP contribution in [0.25, 0.3) is 0 Å². The molecule has 1 N–H and O–H groups in total. The molecule has 17 heavy (non-hydrogen) atoms. The van der Waals surface area contributed by atoms with Gasteiger partial charge in [0, 0.05) is 0 Å². The van der Waals surface area contributed by atoms with Crippen molar-refractivity contribution in [3.8, 4) is 0 Å². The van der Waals surface area contributed by atoms with Crippen LogP contribution in [0.2, 0.25) is 0 Å². The van der Waals surface area contributed by atoms with E-state index in [0.29, 0.717) is 21.5 Å². The number of rotatable bonds is 5. The van der Waals surface area contributed by atoms with E-state index in [1.165, 1.54) is 6.20 Å². The summed E-state index contributed by atoms with van der Waals surface area (Å²) in [6.45, 7) is 3.95. The predicted molar refractivity (Wildman–Crippen MR) is 74.3 cm³/mol. The number of halogens is 2. The van der Waals surface area contributed by atoms with Crippen molar-refractivity contribution in [2.24, 2.45) is 5.92 Å². The van der Waals surface area contributed by atoms with Gasteiger partial charge in [0.05, 0.1) is 11.9 Å². The standard InChI is InChI=1S/C9H13Br2N3O2S/c1-6(2)3-4-17(15,16)14-9-8(11)13-7(10)5-12-9/h5-6H,3-4H2,1-2H3,(H,12,14). The quantitative estimate of drug-likeness (QED) is 0.844. The monoisotopic (exact) mass is 385 g/mol. The highest BCUT2D eigenvalue weighted by molar-refractivity contribution is 9.11. The average Bonchev–Trinajstić information content (AvgIpc) is 2.20. The molecule has 96 valence electrons. The first-order chi connectivity index (χ1) is 7.80. The Bertz CT molecular complexity index is 491. The van der Waals surface area contributed by atoms with Gasteiger partial charge < -0.3 is 0 Å². The van der Waals surface area contributed by atoms with E-state index in [1.807, 2.05) is 13.8 Å². The summed E-state index contributed by atoms with van der Waals surface area (Å²) in [4.78, 5) is 7.94. The van der Waals surface area contributed by atoms with Gasteiger partial charge in [-0.1, -0.05) is 13.8 Å². The Morgan fingerprint density at radius 3 is 2.59 bits per heavy atom. The fourth-order valence-electron chi connectivity index (χ4n) is 1.00. The number of sulfonamides is 1. The van der Waals surface area contributed by atoms with Gasteiger partial charge in [0.1, 0.15) is 4.60 Å². The topological polar surface area (TPSA) is 72.0 Å². The molecule has 0 atom stereocenters. The molecule has 1 rings (SSSR count). The zero-order valence-corrected chi connectivity index (χ0v) is 13.4. The van der Waals surface area contributed by atoms with Crippen molar-refractivity contribution in [3.05, 3.63) is 15.4 Å². The maximum Gasteiger partial charge on any atom is 0.233 e. The molecule has 5 nitrogen and oxygen atoms in total. The van der Waals surface area contributed by atoms with Crippen molar-refractivity contribution in [2.75, 3.05) is 10.5 Å². The maximum absolute atomic E-state index is 11.7. The van der Waals surface area contributed by atoms with E-state index in [0.717, 1.165) is 0 Å². The van der Waals surface area contributed by atoms with Crippen molar-refractivity contribution in [2.45, 2.75) is 20.3 Å². The summed E-state index contributed by atoms with van der Waals surface area (Å²) in [5.41, 5.74) is 0. The first kappa shape index (κ1) is 14.8. The summed E-state index contributed by atoms with van der Waals surface area (Å²) in [6.07, 6.45) is 2.04. The van der Waals surface area contributed by atoms with Crippen LogP contribution in [0, 0.1) is 5.92 Å². The minimum atomic E-state index is -3.36. The van der Waals surface area contributed by atoms with Crippen LogP contribution >= 0.6 is 31.9 Å². The molecule has 1 aromatic heterocycles.